The molecule has 0 aliphatic carbocycles. The van der Waals surface area contributed by atoms with Gasteiger partial charge in [-0.25, -0.2) is 4.79 Å². The van der Waals surface area contributed by atoms with E-state index in [0.29, 0.717) is 25.9 Å². The van der Waals surface area contributed by atoms with E-state index in [2.05, 4.69) is 10.3 Å². The number of hydrogen-bond acceptors (Lipinski definition) is 4. The number of likely N-dealkylation sites (N-methyl/N-ethyl adjacent to an activating group) is 1. The molecule has 0 radical (unpaired) electrons. The third kappa shape index (κ3) is 3.94. The van der Waals surface area contributed by atoms with E-state index < -0.39 is 0 Å². The van der Waals surface area contributed by atoms with Crippen molar-refractivity contribution in [3.8, 4) is 0 Å². The molecule has 6 heteroatoms. The predicted molar refractivity (Wildman–Crippen MR) is 68.2 cm³/mol. The van der Waals surface area contributed by atoms with Gasteiger partial charge in [0.25, 0.3) is 0 Å². The Morgan fingerprint density at radius 3 is 2.89 bits per heavy atom. The molecule has 19 heavy (non-hydrogen) atoms. The minimum atomic E-state index is -0.317. The van der Waals surface area contributed by atoms with E-state index in [1.165, 1.54) is 4.90 Å². The third-order valence-corrected chi connectivity index (χ3v) is 2.99. The molecule has 0 saturated carbocycles. The van der Waals surface area contributed by atoms with Crippen LogP contribution in [0.5, 0.6) is 0 Å². The first-order valence-corrected chi connectivity index (χ1v) is 6.22. The van der Waals surface area contributed by atoms with Crippen LogP contribution >= 0.6 is 0 Å². The van der Waals surface area contributed by atoms with Gasteiger partial charge in [-0.2, -0.15) is 0 Å². The van der Waals surface area contributed by atoms with Gasteiger partial charge in [0.15, 0.2) is 0 Å². The van der Waals surface area contributed by atoms with Crippen LogP contribution in [-0.4, -0.2) is 41.6 Å². The van der Waals surface area contributed by atoms with E-state index in [4.69, 9.17) is 4.74 Å². The highest BCUT2D eigenvalue weighted by Gasteiger charge is 2.28. The van der Waals surface area contributed by atoms with Crippen molar-refractivity contribution in [1.82, 2.24) is 15.2 Å². The molecular weight excluding hydrogens is 246 g/mol. The molecule has 1 aromatic rings. The van der Waals surface area contributed by atoms with E-state index in [1.807, 2.05) is 12.1 Å². The fraction of sp³-hybridized carbons (Fsp3) is 0.462. The van der Waals surface area contributed by atoms with Crippen LogP contribution in [0.1, 0.15) is 18.4 Å². The number of hydrogen-bond donors (Lipinski definition) is 1. The Morgan fingerprint density at radius 2 is 2.26 bits per heavy atom. The average molecular weight is 263 g/mol. The van der Waals surface area contributed by atoms with Gasteiger partial charge in [0.1, 0.15) is 6.10 Å². The lowest BCUT2D eigenvalue weighted by molar-refractivity contribution is -0.121. The molecule has 0 bridgehead atoms. The number of rotatable bonds is 5. The summed E-state index contributed by atoms with van der Waals surface area (Å²) in [5.74, 6) is -0.0394. The zero-order valence-corrected chi connectivity index (χ0v) is 10.8. The highest BCUT2D eigenvalue weighted by Crippen LogP contribution is 2.13. The number of pyridine rings is 1. The average Bonchev–Trinajstić information content (AvgIpc) is 2.74. The summed E-state index contributed by atoms with van der Waals surface area (Å²) in [5.41, 5.74) is 1.01. The SMILES string of the molecule is CN1CC(CCC(=O)NCc2ccncc2)OC1=O. The van der Waals surface area contributed by atoms with Gasteiger partial charge in [0.05, 0.1) is 6.54 Å². The van der Waals surface area contributed by atoms with E-state index >= 15 is 0 Å². The Kier molecular flexibility index (Phi) is 4.33. The Bertz CT molecular complexity index is 450. The fourth-order valence-corrected chi connectivity index (χ4v) is 1.88. The molecule has 0 spiro atoms. The van der Waals surface area contributed by atoms with E-state index in [-0.39, 0.29) is 18.1 Å². The summed E-state index contributed by atoms with van der Waals surface area (Å²) in [6.07, 6.45) is 3.80. The summed E-state index contributed by atoms with van der Waals surface area (Å²) in [6, 6.07) is 3.71. The van der Waals surface area contributed by atoms with Crippen molar-refractivity contribution in [1.29, 1.82) is 0 Å². The largest absolute Gasteiger partial charge is 0.444 e. The first-order valence-electron chi connectivity index (χ1n) is 6.22. The molecule has 1 unspecified atom stereocenters. The number of cyclic esters (lactones) is 1. The van der Waals surface area contributed by atoms with Gasteiger partial charge < -0.3 is 15.0 Å². The molecule has 6 nitrogen and oxygen atoms in total. The summed E-state index contributed by atoms with van der Waals surface area (Å²) in [4.78, 5) is 28.2. The van der Waals surface area contributed by atoms with Crippen LogP contribution < -0.4 is 5.32 Å². The molecule has 1 aromatic heterocycles. The van der Waals surface area contributed by atoms with Crippen LogP contribution in [-0.2, 0) is 16.1 Å². The Hall–Kier alpha value is -2.11. The van der Waals surface area contributed by atoms with Gasteiger partial charge in [0.2, 0.25) is 5.91 Å². The maximum absolute atomic E-state index is 11.7. The molecule has 102 valence electrons. The maximum Gasteiger partial charge on any atom is 0.409 e. The lowest BCUT2D eigenvalue weighted by Gasteiger charge is -2.08. The second-order valence-corrected chi connectivity index (χ2v) is 4.56. The smallest absolute Gasteiger partial charge is 0.409 e. The van der Waals surface area contributed by atoms with Crippen LogP contribution in [0.4, 0.5) is 4.79 Å². The minimum Gasteiger partial charge on any atom is -0.444 e. The van der Waals surface area contributed by atoms with Crippen molar-refractivity contribution in [2.75, 3.05) is 13.6 Å². The molecule has 1 atom stereocenters. The lowest BCUT2D eigenvalue weighted by Crippen LogP contribution is -2.25. The van der Waals surface area contributed by atoms with Crippen molar-refractivity contribution in [2.45, 2.75) is 25.5 Å². The van der Waals surface area contributed by atoms with Gasteiger partial charge in [-0.1, -0.05) is 0 Å². The summed E-state index contributed by atoms with van der Waals surface area (Å²) in [6.45, 7) is 1.04. The molecule has 1 N–H and O–H groups in total. The molecule has 1 saturated heterocycles. The van der Waals surface area contributed by atoms with Crippen molar-refractivity contribution >= 4 is 12.0 Å². The first kappa shape index (κ1) is 13.3. The highest BCUT2D eigenvalue weighted by molar-refractivity contribution is 5.76. The molecule has 1 aliphatic rings. The van der Waals surface area contributed by atoms with Crippen molar-refractivity contribution < 1.29 is 14.3 Å². The summed E-state index contributed by atoms with van der Waals surface area (Å²) < 4.78 is 5.09. The Balaban J connectivity index is 1.67. The zero-order valence-electron chi connectivity index (χ0n) is 10.8. The van der Waals surface area contributed by atoms with Gasteiger partial charge in [0, 0.05) is 32.4 Å². The van der Waals surface area contributed by atoms with Gasteiger partial charge in [-0.15, -0.1) is 0 Å². The Morgan fingerprint density at radius 1 is 1.53 bits per heavy atom. The molecule has 1 fully saturated rings. The van der Waals surface area contributed by atoms with E-state index in [1.54, 1.807) is 19.4 Å². The second kappa shape index (κ2) is 6.17. The normalized spacial score (nSPS) is 18.3. The van der Waals surface area contributed by atoms with Crippen LogP contribution in [0.25, 0.3) is 0 Å². The third-order valence-electron chi connectivity index (χ3n) is 2.99. The van der Waals surface area contributed by atoms with E-state index in [0.717, 1.165) is 5.56 Å². The molecular formula is C13H17N3O3. The quantitative estimate of drug-likeness (QED) is 0.857. The number of carbonyl (C=O) groups excluding carboxylic acids is 2. The lowest BCUT2D eigenvalue weighted by atomic mass is 10.2. The minimum absolute atomic E-state index is 0.0394. The zero-order chi connectivity index (χ0) is 13.7. The molecule has 0 aromatic carbocycles. The van der Waals surface area contributed by atoms with Gasteiger partial charge in [-0.05, 0) is 24.1 Å². The van der Waals surface area contributed by atoms with Crippen LogP contribution in [0.2, 0.25) is 0 Å². The van der Waals surface area contributed by atoms with E-state index in [9.17, 15) is 9.59 Å². The summed E-state index contributed by atoms with van der Waals surface area (Å²) in [7, 11) is 1.69. The van der Waals surface area contributed by atoms with Gasteiger partial charge >= 0.3 is 6.09 Å². The number of ether oxygens (including phenoxy) is 1. The Labute approximate surface area is 111 Å². The van der Waals surface area contributed by atoms with Crippen LogP contribution in [0.3, 0.4) is 0 Å². The maximum atomic E-state index is 11.7. The van der Waals surface area contributed by atoms with Crippen molar-refractivity contribution in [3.63, 3.8) is 0 Å². The number of nitrogens with one attached hydrogen (secondary N) is 1. The summed E-state index contributed by atoms with van der Waals surface area (Å²) in [5, 5.41) is 2.82. The van der Waals surface area contributed by atoms with Crippen LogP contribution in [0, 0.1) is 0 Å². The predicted octanol–water partition coefficient (Wildman–Crippen LogP) is 0.929. The summed E-state index contributed by atoms with van der Waals surface area (Å²) >= 11 is 0. The molecule has 2 rings (SSSR count). The topological polar surface area (TPSA) is 71.5 Å². The number of aromatic nitrogens is 1. The van der Waals surface area contributed by atoms with Crippen molar-refractivity contribution in [3.05, 3.63) is 30.1 Å². The van der Waals surface area contributed by atoms with Gasteiger partial charge in [-0.3, -0.25) is 9.78 Å². The van der Waals surface area contributed by atoms with Crippen LogP contribution in [0.15, 0.2) is 24.5 Å². The first-order chi connectivity index (χ1) is 9.15. The second-order valence-electron chi connectivity index (χ2n) is 4.56. The number of carbonyl (C=O) groups is 2. The van der Waals surface area contributed by atoms with Crippen molar-refractivity contribution in [2.24, 2.45) is 0 Å². The number of nitrogens with zero attached hydrogens (tertiary/aromatic N) is 2. The molecule has 2 heterocycles. The number of amides is 2. The fourth-order valence-electron chi connectivity index (χ4n) is 1.88. The monoisotopic (exact) mass is 263 g/mol. The standard InChI is InChI=1S/C13H17N3O3/c1-16-9-11(19-13(16)18)2-3-12(17)15-8-10-4-6-14-7-5-10/h4-7,11H,2-3,8-9H2,1H3,(H,15,17). The molecule has 2 amide bonds. The molecule has 1 aliphatic heterocycles. The highest BCUT2D eigenvalue weighted by atomic mass is 16.6.